The molecule has 4 nitrogen and oxygen atoms in total. The molecule has 1 aliphatic heterocycles. The summed E-state index contributed by atoms with van der Waals surface area (Å²) >= 11 is 0. The van der Waals surface area contributed by atoms with E-state index in [0.29, 0.717) is 5.92 Å². The zero-order valence-corrected chi connectivity index (χ0v) is 13.3. The van der Waals surface area contributed by atoms with Crippen molar-refractivity contribution in [3.05, 3.63) is 29.8 Å². The molecule has 21 heavy (non-hydrogen) atoms. The molecule has 0 aliphatic carbocycles. The molecule has 118 valence electrons. The van der Waals surface area contributed by atoms with E-state index in [-0.39, 0.29) is 18.8 Å². The highest BCUT2D eigenvalue weighted by molar-refractivity contribution is 5.85. The number of benzene rings is 1. The van der Waals surface area contributed by atoms with Gasteiger partial charge < -0.3 is 14.7 Å². The number of hydrogen-bond donors (Lipinski definition) is 1. The number of rotatable bonds is 7. The number of para-hydroxylation sites is 1. The van der Waals surface area contributed by atoms with Crippen molar-refractivity contribution >= 4 is 18.4 Å². The maximum absolute atomic E-state index is 10.5. The maximum atomic E-state index is 10.5. The summed E-state index contributed by atoms with van der Waals surface area (Å²) in [4.78, 5) is 12.9. The largest absolute Gasteiger partial charge is 0.496 e. The van der Waals surface area contributed by atoms with Crippen LogP contribution in [-0.4, -0.2) is 42.7 Å². The van der Waals surface area contributed by atoms with Gasteiger partial charge in [0.05, 0.1) is 7.11 Å². The molecule has 2 rings (SSSR count). The normalized spacial score (nSPS) is 18.2. The number of halogens is 1. The molecule has 1 unspecified atom stereocenters. The smallest absolute Gasteiger partial charge is 0.303 e. The van der Waals surface area contributed by atoms with Crippen molar-refractivity contribution in [2.24, 2.45) is 0 Å². The molecule has 0 amide bonds. The quantitative estimate of drug-likeness (QED) is 0.786. The number of carbonyl (C=O) groups is 1. The van der Waals surface area contributed by atoms with E-state index in [0.717, 1.165) is 44.6 Å². The van der Waals surface area contributed by atoms with E-state index >= 15 is 0 Å². The number of carboxylic acids is 1. The van der Waals surface area contributed by atoms with Crippen molar-refractivity contribution in [2.45, 2.75) is 31.6 Å². The Morgan fingerprint density at radius 1 is 1.38 bits per heavy atom. The summed E-state index contributed by atoms with van der Waals surface area (Å²) in [5.41, 5.74) is 1.29. The molecule has 1 heterocycles. The number of nitrogens with zero attached hydrogens (tertiary/aromatic N) is 1. The Balaban J connectivity index is 0.00000220. The molecule has 0 saturated carbocycles. The second-order valence-electron chi connectivity index (χ2n) is 5.38. The topological polar surface area (TPSA) is 49.8 Å². The molecule has 1 N–H and O–H groups in total. The lowest BCUT2D eigenvalue weighted by atomic mass is 9.97. The fraction of sp³-hybridized carbons (Fsp3) is 0.562. The standard InChI is InChI=1S/C16H23NO3.ClH/c1-20-15-7-3-2-6-14(15)13-9-11-17(12-13)10-5-4-8-16(18)19;/h2-3,6-7,13H,4-5,8-12H2,1H3,(H,18,19);1H. The highest BCUT2D eigenvalue weighted by Crippen LogP contribution is 2.33. The molecule has 1 aromatic rings. The van der Waals surface area contributed by atoms with Crippen molar-refractivity contribution in [3.63, 3.8) is 0 Å². The third-order valence-electron chi connectivity index (χ3n) is 3.97. The molecular weight excluding hydrogens is 290 g/mol. The molecular formula is C16H24ClNO3. The minimum Gasteiger partial charge on any atom is -0.496 e. The van der Waals surface area contributed by atoms with Crippen LogP contribution < -0.4 is 4.74 Å². The first-order valence-electron chi connectivity index (χ1n) is 7.27. The fourth-order valence-electron chi connectivity index (χ4n) is 2.90. The average molecular weight is 314 g/mol. The summed E-state index contributed by atoms with van der Waals surface area (Å²) in [6.07, 6.45) is 3.17. The van der Waals surface area contributed by atoms with Crippen LogP contribution in [0.15, 0.2) is 24.3 Å². The predicted molar refractivity (Wildman–Crippen MR) is 85.5 cm³/mol. The van der Waals surface area contributed by atoms with Gasteiger partial charge in [-0.05, 0) is 44.0 Å². The van der Waals surface area contributed by atoms with Crippen LogP contribution in [0.4, 0.5) is 0 Å². The van der Waals surface area contributed by atoms with Crippen LogP contribution in [0.5, 0.6) is 5.75 Å². The van der Waals surface area contributed by atoms with Gasteiger partial charge in [-0.3, -0.25) is 4.79 Å². The van der Waals surface area contributed by atoms with E-state index in [9.17, 15) is 4.79 Å². The van der Waals surface area contributed by atoms with Gasteiger partial charge in [0.1, 0.15) is 5.75 Å². The Labute approximate surface area is 132 Å². The van der Waals surface area contributed by atoms with Crippen LogP contribution in [0, 0.1) is 0 Å². The van der Waals surface area contributed by atoms with Gasteiger partial charge >= 0.3 is 5.97 Å². The summed E-state index contributed by atoms with van der Waals surface area (Å²) in [7, 11) is 1.72. The first kappa shape index (κ1) is 17.8. The van der Waals surface area contributed by atoms with Gasteiger partial charge in [0.15, 0.2) is 0 Å². The lowest BCUT2D eigenvalue weighted by Crippen LogP contribution is -2.21. The third-order valence-corrected chi connectivity index (χ3v) is 3.97. The van der Waals surface area contributed by atoms with Gasteiger partial charge in [0, 0.05) is 18.9 Å². The number of carboxylic acid groups (broad SMARTS) is 1. The van der Waals surface area contributed by atoms with E-state index in [2.05, 4.69) is 17.0 Å². The minimum absolute atomic E-state index is 0. The SMILES string of the molecule is COc1ccccc1C1CCN(CCCCC(=O)O)C1.Cl. The zero-order valence-electron chi connectivity index (χ0n) is 12.5. The van der Waals surface area contributed by atoms with E-state index in [1.165, 1.54) is 5.56 Å². The van der Waals surface area contributed by atoms with E-state index < -0.39 is 5.97 Å². The molecule has 0 aromatic heterocycles. The highest BCUT2D eigenvalue weighted by atomic mass is 35.5. The van der Waals surface area contributed by atoms with Crippen molar-refractivity contribution in [1.82, 2.24) is 4.90 Å². The van der Waals surface area contributed by atoms with E-state index in [1.54, 1.807) is 7.11 Å². The lowest BCUT2D eigenvalue weighted by Gasteiger charge is -2.17. The average Bonchev–Trinajstić information content (AvgIpc) is 2.92. The van der Waals surface area contributed by atoms with E-state index in [4.69, 9.17) is 9.84 Å². The number of likely N-dealkylation sites (tertiary alicyclic amines) is 1. The van der Waals surface area contributed by atoms with Crippen LogP contribution in [0.25, 0.3) is 0 Å². The van der Waals surface area contributed by atoms with E-state index in [1.807, 2.05) is 12.1 Å². The molecule has 1 atom stereocenters. The summed E-state index contributed by atoms with van der Waals surface area (Å²) in [5, 5.41) is 8.63. The Kier molecular flexibility index (Phi) is 7.54. The van der Waals surface area contributed by atoms with Gasteiger partial charge in [-0.1, -0.05) is 18.2 Å². The summed E-state index contributed by atoms with van der Waals surface area (Å²) < 4.78 is 5.43. The molecule has 1 fully saturated rings. The number of methoxy groups -OCH3 is 1. The Morgan fingerprint density at radius 2 is 2.14 bits per heavy atom. The molecule has 1 aromatic carbocycles. The van der Waals surface area contributed by atoms with Crippen molar-refractivity contribution < 1.29 is 14.6 Å². The Morgan fingerprint density at radius 3 is 2.86 bits per heavy atom. The molecule has 0 spiro atoms. The zero-order chi connectivity index (χ0) is 14.4. The van der Waals surface area contributed by atoms with Crippen LogP contribution in [0.2, 0.25) is 0 Å². The lowest BCUT2D eigenvalue weighted by molar-refractivity contribution is -0.137. The van der Waals surface area contributed by atoms with Crippen LogP contribution in [0.3, 0.4) is 0 Å². The number of aliphatic carboxylic acids is 1. The second kappa shape index (κ2) is 8.90. The number of hydrogen-bond acceptors (Lipinski definition) is 3. The summed E-state index contributed by atoms with van der Waals surface area (Å²) in [6.45, 7) is 3.14. The highest BCUT2D eigenvalue weighted by Gasteiger charge is 2.25. The van der Waals surface area contributed by atoms with Gasteiger partial charge in [-0.2, -0.15) is 0 Å². The van der Waals surface area contributed by atoms with Gasteiger partial charge in [0.25, 0.3) is 0 Å². The fourth-order valence-corrected chi connectivity index (χ4v) is 2.90. The van der Waals surface area contributed by atoms with Gasteiger partial charge in [0.2, 0.25) is 0 Å². The maximum Gasteiger partial charge on any atom is 0.303 e. The van der Waals surface area contributed by atoms with Crippen LogP contribution in [-0.2, 0) is 4.79 Å². The molecule has 1 aliphatic rings. The predicted octanol–water partition coefficient (Wildman–Crippen LogP) is 3.16. The Bertz CT molecular complexity index is 453. The molecule has 1 saturated heterocycles. The molecule has 5 heteroatoms. The van der Waals surface area contributed by atoms with Crippen LogP contribution >= 0.6 is 12.4 Å². The van der Waals surface area contributed by atoms with Crippen molar-refractivity contribution in [1.29, 1.82) is 0 Å². The monoisotopic (exact) mass is 313 g/mol. The van der Waals surface area contributed by atoms with Gasteiger partial charge in [-0.25, -0.2) is 0 Å². The minimum atomic E-state index is -0.696. The number of ether oxygens (including phenoxy) is 1. The summed E-state index contributed by atoms with van der Waals surface area (Å²) in [6, 6.07) is 8.23. The van der Waals surface area contributed by atoms with Crippen molar-refractivity contribution in [3.8, 4) is 5.75 Å². The molecule has 0 radical (unpaired) electrons. The third kappa shape index (κ3) is 5.21. The first-order valence-corrected chi connectivity index (χ1v) is 7.27. The molecule has 0 bridgehead atoms. The first-order chi connectivity index (χ1) is 9.70. The number of unbranched alkanes of at least 4 members (excludes halogenated alkanes) is 1. The second-order valence-corrected chi connectivity index (χ2v) is 5.38. The van der Waals surface area contributed by atoms with Crippen LogP contribution in [0.1, 0.15) is 37.2 Å². The Hall–Kier alpha value is -1.26. The van der Waals surface area contributed by atoms with Gasteiger partial charge in [-0.15, -0.1) is 12.4 Å². The summed E-state index contributed by atoms with van der Waals surface area (Å²) in [5.74, 6) is 0.814. The van der Waals surface area contributed by atoms with Crippen molar-refractivity contribution in [2.75, 3.05) is 26.7 Å².